The van der Waals surface area contributed by atoms with Crippen molar-refractivity contribution in [1.82, 2.24) is 10.6 Å². The molecule has 1 aliphatic carbocycles. The standard InChI is InChI=1S/C11H21N3/c1-9-7-12-10(14-9)13-8-11(2)5-3-4-6-11/h9H,3-8H2,1-2H3,(H2,12,13,14). The molecule has 0 spiro atoms. The number of hydrogen-bond donors (Lipinski definition) is 2. The molecule has 2 rings (SSSR count). The van der Waals surface area contributed by atoms with E-state index in [2.05, 4.69) is 29.5 Å². The summed E-state index contributed by atoms with van der Waals surface area (Å²) in [7, 11) is 0. The minimum Gasteiger partial charge on any atom is -0.356 e. The molecular formula is C11H21N3. The van der Waals surface area contributed by atoms with Crippen molar-refractivity contribution < 1.29 is 0 Å². The minimum atomic E-state index is 0.508. The topological polar surface area (TPSA) is 36.4 Å². The van der Waals surface area contributed by atoms with Crippen LogP contribution in [0.25, 0.3) is 0 Å². The van der Waals surface area contributed by atoms with Crippen molar-refractivity contribution >= 4 is 5.96 Å². The summed E-state index contributed by atoms with van der Waals surface area (Å²) in [6, 6.07) is 0.508. The third kappa shape index (κ3) is 2.20. The van der Waals surface area contributed by atoms with Gasteiger partial charge in [-0.3, -0.25) is 4.99 Å². The van der Waals surface area contributed by atoms with Gasteiger partial charge >= 0.3 is 0 Å². The summed E-state index contributed by atoms with van der Waals surface area (Å²) >= 11 is 0. The van der Waals surface area contributed by atoms with E-state index in [0.717, 1.165) is 19.0 Å². The van der Waals surface area contributed by atoms with Gasteiger partial charge in [0.15, 0.2) is 5.96 Å². The van der Waals surface area contributed by atoms with E-state index in [4.69, 9.17) is 0 Å². The average Bonchev–Trinajstić information content (AvgIpc) is 2.73. The van der Waals surface area contributed by atoms with Crippen LogP contribution in [0.15, 0.2) is 4.99 Å². The minimum absolute atomic E-state index is 0.508. The molecule has 80 valence electrons. The first-order valence-electron chi connectivity index (χ1n) is 5.73. The van der Waals surface area contributed by atoms with Gasteiger partial charge in [0, 0.05) is 12.6 Å². The van der Waals surface area contributed by atoms with Gasteiger partial charge in [-0.1, -0.05) is 19.8 Å². The maximum atomic E-state index is 4.40. The van der Waals surface area contributed by atoms with E-state index in [1.807, 2.05) is 0 Å². The second-order valence-electron chi connectivity index (χ2n) is 5.11. The smallest absolute Gasteiger partial charge is 0.191 e. The number of aliphatic imine (C=N–C) groups is 1. The van der Waals surface area contributed by atoms with Crippen LogP contribution in [0.2, 0.25) is 0 Å². The highest BCUT2D eigenvalue weighted by atomic mass is 15.2. The van der Waals surface area contributed by atoms with Crippen LogP contribution in [0.3, 0.4) is 0 Å². The fourth-order valence-electron chi connectivity index (χ4n) is 2.36. The highest BCUT2D eigenvalue weighted by Crippen LogP contribution is 2.36. The Morgan fingerprint density at radius 3 is 2.79 bits per heavy atom. The number of rotatable bonds is 2. The lowest BCUT2D eigenvalue weighted by Gasteiger charge is -2.24. The fraction of sp³-hybridized carbons (Fsp3) is 0.909. The van der Waals surface area contributed by atoms with Crippen LogP contribution >= 0.6 is 0 Å². The molecule has 0 aromatic heterocycles. The Balaban J connectivity index is 1.77. The summed E-state index contributed by atoms with van der Waals surface area (Å²) in [5, 5.41) is 6.77. The first-order chi connectivity index (χ1) is 6.68. The molecule has 0 aromatic rings. The van der Waals surface area contributed by atoms with Crippen molar-refractivity contribution in [2.24, 2.45) is 10.4 Å². The molecule has 1 aliphatic heterocycles. The van der Waals surface area contributed by atoms with Gasteiger partial charge < -0.3 is 10.6 Å². The average molecular weight is 195 g/mol. The number of nitrogens with one attached hydrogen (secondary N) is 2. The van der Waals surface area contributed by atoms with E-state index in [1.54, 1.807) is 0 Å². The van der Waals surface area contributed by atoms with E-state index in [1.165, 1.54) is 25.7 Å². The van der Waals surface area contributed by atoms with E-state index in [0.29, 0.717) is 11.5 Å². The molecule has 3 nitrogen and oxygen atoms in total. The molecule has 0 radical (unpaired) electrons. The summed E-state index contributed by atoms with van der Waals surface area (Å²) < 4.78 is 0. The van der Waals surface area contributed by atoms with Crippen LogP contribution in [0.4, 0.5) is 0 Å². The fourth-order valence-corrected chi connectivity index (χ4v) is 2.36. The maximum absolute atomic E-state index is 4.40. The second-order valence-corrected chi connectivity index (χ2v) is 5.11. The Bertz CT molecular complexity index is 229. The van der Waals surface area contributed by atoms with Crippen molar-refractivity contribution in [3.63, 3.8) is 0 Å². The lowest BCUT2D eigenvalue weighted by Crippen LogP contribution is -2.41. The maximum Gasteiger partial charge on any atom is 0.191 e. The van der Waals surface area contributed by atoms with Gasteiger partial charge in [0.1, 0.15) is 0 Å². The number of guanidine groups is 1. The Morgan fingerprint density at radius 2 is 2.21 bits per heavy atom. The van der Waals surface area contributed by atoms with Crippen molar-refractivity contribution in [3.05, 3.63) is 0 Å². The van der Waals surface area contributed by atoms with Crippen LogP contribution in [-0.2, 0) is 0 Å². The Morgan fingerprint density at radius 1 is 1.50 bits per heavy atom. The Labute approximate surface area is 86.4 Å². The van der Waals surface area contributed by atoms with E-state index >= 15 is 0 Å². The van der Waals surface area contributed by atoms with E-state index in [9.17, 15) is 0 Å². The Hall–Kier alpha value is -0.730. The van der Waals surface area contributed by atoms with Gasteiger partial charge in [-0.05, 0) is 25.2 Å². The van der Waals surface area contributed by atoms with Crippen LogP contribution in [0.5, 0.6) is 0 Å². The quantitative estimate of drug-likeness (QED) is 0.700. The van der Waals surface area contributed by atoms with Gasteiger partial charge in [-0.2, -0.15) is 0 Å². The molecule has 1 heterocycles. The molecule has 3 heteroatoms. The molecule has 0 saturated heterocycles. The van der Waals surface area contributed by atoms with Gasteiger partial charge in [0.05, 0.1) is 6.54 Å². The zero-order valence-corrected chi connectivity index (χ0v) is 9.27. The van der Waals surface area contributed by atoms with Gasteiger partial charge in [0.2, 0.25) is 0 Å². The van der Waals surface area contributed by atoms with Crippen LogP contribution in [0.1, 0.15) is 39.5 Å². The summed E-state index contributed by atoms with van der Waals surface area (Å²) in [6.07, 6.45) is 5.52. The summed E-state index contributed by atoms with van der Waals surface area (Å²) in [4.78, 5) is 4.40. The van der Waals surface area contributed by atoms with Gasteiger partial charge in [0.25, 0.3) is 0 Å². The molecule has 0 bridgehead atoms. The second kappa shape index (κ2) is 3.79. The number of nitrogens with zero attached hydrogens (tertiary/aromatic N) is 1. The van der Waals surface area contributed by atoms with Gasteiger partial charge in [-0.15, -0.1) is 0 Å². The molecule has 14 heavy (non-hydrogen) atoms. The van der Waals surface area contributed by atoms with Crippen molar-refractivity contribution in [2.75, 3.05) is 13.1 Å². The molecule has 1 saturated carbocycles. The van der Waals surface area contributed by atoms with Crippen LogP contribution in [0, 0.1) is 5.41 Å². The third-order valence-corrected chi connectivity index (χ3v) is 3.40. The Kier molecular flexibility index (Phi) is 2.66. The van der Waals surface area contributed by atoms with E-state index in [-0.39, 0.29) is 0 Å². The van der Waals surface area contributed by atoms with Crippen molar-refractivity contribution in [2.45, 2.75) is 45.6 Å². The summed E-state index contributed by atoms with van der Waals surface area (Å²) in [6.45, 7) is 6.53. The molecule has 0 amide bonds. The van der Waals surface area contributed by atoms with Gasteiger partial charge in [-0.25, -0.2) is 0 Å². The highest BCUT2D eigenvalue weighted by molar-refractivity contribution is 5.81. The lowest BCUT2D eigenvalue weighted by atomic mass is 9.89. The molecule has 0 aromatic carbocycles. The zero-order valence-electron chi connectivity index (χ0n) is 9.27. The first-order valence-corrected chi connectivity index (χ1v) is 5.73. The van der Waals surface area contributed by atoms with Crippen molar-refractivity contribution in [1.29, 1.82) is 0 Å². The lowest BCUT2D eigenvalue weighted by molar-refractivity contribution is 0.334. The van der Waals surface area contributed by atoms with Crippen molar-refractivity contribution in [3.8, 4) is 0 Å². The molecule has 2 aliphatic rings. The van der Waals surface area contributed by atoms with Crippen LogP contribution < -0.4 is 10.6 Å². The summed E-state index contributed by atoms with van der Waals surface area (Å²) in [5.74, 6) is 1.01. The van der Waals surface area contributed by atoms with E-state index < -0.39 is 0 Å². The predicted octanol–water partition coefficient (Wildman–Crippen LogP) is 1.50. The normalized spacial score (nSPS) is 29.9. The zero-order chi connectivity index (χ0) is 10.0. The third-order valence-electron chi connectivity index (χ3n) is 3.40. The molecule has 1 unspecified atom stereocenters. The summed E-state index contributed by atoms with van der Waals surface area (Å²) in [5.41, 5.74) is 0.510. The molecule has 2 N–H and O–H groups in total. The van der Waals surface area contributed by atoms with Crippen LogP contribution in [-0.4, -0.2) is 25.1 Å². The largest absolute Gasteiger partial charge is 0.356 e. The molecule has 1 atom stereocenters. The highest BCUT2D eigenvalue weighted by Gasteiger charge is 2.28. The first kappa shape index (κ1) is 9.81. The molecule has 1 fully saturated rings. The predicted molar refractivity (Wildman–Crippen MR) is 59.5 cm³/mol. The molecular weight excluding hydrogens is 174 g/mol. The SMILES string of the molecule is CC1CN=C(NCC2(C)CCCC2)N1. The monoisotopic (exact) mass is 195 g/mol. The number of hydrogen-bond acceptors (Lipinski definition) is 3.